The van der Waals surface area contributed by atoms with Crippen molar-refractivity contribution in [3.63, 3.8) is 0 Å². The molecule has 1 N–H and O–H groups in total. The fourth-order valence-electron chi connectivity index (χ4n) is 1.87. The average Bonchev–Trinajstić information content (AvgIpc) is 2.35. The van der Waals surface area contributed by atoms with Crippen LogP contribution in [0.3, 0.4) is 0 Å². The predicted molar refractivity (Wildman–Crippen MR) is 68.2 cm³/mol. The number of hydrogen-bond donors (Lipinski definition) is 1. The standard InChI is InChI=1S/C12H16N2O3S/c1-7-8(2)13-14-11(10(7)12(15)16)18-9-3-5-17-6-4-9/h9H,3-6H2,1-2H3,(H,15,16). The molecule has 18 heavy (non-hydrogen) atoms. The summed E-state index contributed by atoms with van der Waals surface area (Å²) < 4.78 is 5.29. The molecule has 1 fully saturated rings. The number of carboxylic acids is 1. The van der Waals surface area contributed by atoms with Crippen LogP contribution in [0.2, 0.25) is 0 Å². The summed E-state index contributed by atoms with van der Waals surface area (Å²) in [6.07, 6.45) is 1.86. The molecule has 98 valence electrons. The average molecular weight is 268 g/mol. The van der Waals surface area contributed by atoms with E-state index in [0.29, 0.717) is 27.1 Å². The Kier molecular flexibility index (Phi) is 4.19. The van der Waals surface area contributed by atoms with E-state index in [1.807, 2.05) is 0 Å². The zero-order chi connectivity index (χ0) is 13.1. The molecular formula is C12H16N2O3S. The zero-order valence-corrected chi connectivity index (χ0v) is 11.3. The Bertz CT molecular complexity index is 459. The molecule has 1 saturated heterocycles. The molecule has 0 aliphatic carbocycles. The lowest BCUT2D eigenvalue weighted by Crippen LogP contribution is -2.18. The van der Waals surface area contributed by atoms with Gasteiger partial charge in [0.25, 0.3) is 0 Å². The molecule has 5 nitrogen and oxygen atoms in total. The van der Waals surface area contributed by atoms with Gasteiger partial charge in [-0.05, 0) is 32.3 Å². The first-order valence-corrected chi connectivity index (χ1v) is 6.79. The summed E-state index contributed by atoms with van der Waals surface area (Å²) in [5.41, 5.74) is 1.66. The fraction of sp³-hybridized carbons (Fsp3) is 0.583. The number of ether oxygens (including phenoxy) is 1. The van der Waals surface area contributed by atoms with Crippen LogP contribution in [-0.4, -0.2) is 39.7 Å². The van der Waals surface area contributed by atoms with Crippen LogP contribution in [0.1, 0.15) is 34.5 Å². The lowest BCUT2D eigenvalue weighted by atomic mass is 10.1. The molecule has 2 rings (SSSR count). The normalized spacial score (nSPS) is 16.8. The Morgan fingerprint density at radius 3 is 2.61 bits per heavy atom. The molecule has 1 aliphatic heterocycles. The van der Waals surface area contributed by atoms with Crippen molar-refractivity contribution in [1.29, 1.82) is 0 Å². The minimum Gasteiger partial charge on any atom is -0.478 e. The Labute approximate surface area is 110 Å². The van der Waals surface area contributed by atoms with Gasteiger partial charge in [0.1, 0.15) is 5.03 Å². The lowest BCUT2D eigenvalue weighted by Gasteiger charge is -2.21. The van der Waals surface area contributed by atoms with E-state index in [0.717, 1.165) is 26.1 Å². The molecule has 0 radical (unpaired) electrons. The van der Waals surface area contributed by atoms with Crippen molar-refractivity contribution in [2.24, 2.45) is 0 Å². The number of aromatic carboxylic acids is 1. The summed E-state index contributed by atoms with van der Waals surface area (Å²) in [5, 5.41) is 18.3. The second kappa shape index (κ2) is 5.67. The van der Waals surface area contributed by atoms with Crippen molar-refractivity contribution in [3.05, 3.63) is 16.8 Å². The van der Waals surface area contributed by atoms with Gasteiger partial charge in [0.2, 0.25) is 0 Å². The van der Waals surface area contributed by atoms with Crippen LogP contribution in [0.5, 0.6) is 0 Å². The Morgan fingerprint density at radius 2 is 2.00 bits per heavy atom. The van der Waals surface area contributed by atoms with Crippen molar-refractivity contribution in [2.75, 3.05) is 13.2 Å². The Balaban J connectivity index is 2.26. The zero-order valence-electron chi connectivity index (χ0n) is 10.5. The topological polar surface area (TPSA) is 72.3 Å². The number of thioether (sulfide) groups is 1. The molecule has 6 heteroatoms. The smallest absolute Gasteiger partial charge is 0.338 e. The third-order valence-corrected chi connectivity index (χ3v) is 4.40. The van der Waals surface area contributed by atoms with E-state index >= 15 is 0 Å². The van der Waals surface area contributed by atoms with Gasteiger partial charge in [-0.25, -0.2) is 4.79 Å². The van der Waals surface area contributed by atoms with E-state index in [4.69, 9.17) is 4.74 Å². The van der Waals surface area contributed by atoms with Gasteiger partial charge in [-0.3, -0.25) is 0 Å². The molecule has 0 spiro atoms. The van der Waals surface area contributed by atoms with Crippen LogP contribution in [0.25, 0.3) is 0 Å². The van der Waals surface area contributed by atoms with Crippen LogP contribution in [-0.2, 0) is 4.74 Å². The lowest BCUT2D eigenvalue weighted by molar-refractivity contribution is 0.0690. The number of carbonyl (C=O) groups is 1. The van der Waals surface area contributed by atoms with Gasteiger partial charge in [0, 0.05) is 18.5 Å². The first-order valence-electron chi connectivity index (χ1n) is 5.91. The van der Waals surface area contributed by atoms with Gasteiger partial charge >= 0.3 is 5.97 Å². The Hall–Kier alpha value is -1.14. The molecule has 0 amide bonds. The van der Waals surface area contributed by atoms with E-state index in [1.54, 1.807) is 13.8 Å². The second-order valence-electron chi connectivity index (χ2n) is 4.33. The monoisotopic (exact) mass is 268 g/mol. The van der Waals surface area contributed by atoms with Crippen molar-refractivity contribution in [1.82, 2.24) is 10.2 Å². The minimum absolute atomic E-state index is 0.291. The third kappa shape index (κ3) is 2.81. The van der Waals surface area contributed by atoms with Crippen LogP contribution in [0, 0.1) is 13.8 Å². The van der Waals surface area contributed by atoms with E-state index in [-0.39, 0.29) is 0 Å². The number of rotatable bonds is 3. The number of aromatic nitrogens is 2. The molecule has 0 aromatic carbocycles. The van der Waals surface area contributed by atoms with Gasteiger partial charge in [-0.1, -0.05) is 0 Å². The SMILES string of the molecule is Cc1nnc(SC2CCOCC2)c(C(=O)O)c1C. The highest BCUT2D eigenvalue weighted by Crippen LogP contribution is 2.31. The summed E-state index contributed by atoms with van der Waals surface area (Å²) in [6, 6.07) is 0. The molecule has 1 aliphatic rings. The molecular weight excluding hydrogens is 252 g/mol. The molecule has 0 unspecified atom stereocenters. The highest BCUT2D eigenvalue weighted by atomic mass is 32.2. The van der Waals surface area contributed by atoms with Crippen molar-refractivity contribution in [3.8, 4) is 0 Å². The highest BCUT2D eigenvalue weighted by molar-refractivity contribution is 7.99. The quantitative estimate of drug-likeness (QED) is 0.904. The first kappa shape index (κ1) is 13.3. The summed E-state index contributed by atoms with van der Waals surface area (Å²) >= 11 is 1.51. The first-order chi connectivity index (χ1) is 8.59. The maximum absolute atomic E-state index is 11.3. The van der Waals surface area contributed by atoms with Gasteiger partial charge in [-0.2, -0.15) is 5.10 Å². The second-order valence-corrected chi connectivity index (χ2v) is 5.61. The number of nitrogens with zero attached hydrogens (tertiary/aromatic N) is 2. The van der Waals surface area contributed by atoms with Crippen molar-refractivity contribution in [2.45, 2.75) is 37.0 Å². The molecule has 0 bridgehead atoms. The van der Waals surface area contributed by atoms with Gasteiger partial charge in [0.05, 0.1) is 11.3 Å². The Morgan fingerprint density at radius 1 is 1.33 bits per heavy atom. The maximum atomic E-state index is 11.3. The van der Waals surface area contributed by atoms with Gasteiger partial charge < -0.3 is 9.84 Å². The molecule has 0 saturated carbocycles. The number of aryl methyl sites for hydroxylation is 1. The third-order valence-electron chi connectivity index (χ3n) is 3.08. The van der Waals surface area contributed by atoms with E-state index in [2.05, 4.69) is 10.2 Å². The molecule has 1 aromatic rings. The maximum Gasteiger partial charge on any atom is 0.338 e. The largest absolute Gasteiger partial charge is 0.478 e. The van der Waals surface area contributed by atoms with Crippen LogP contribution < -0.4 is 0 Å². The molecule has 0 atom stereocenters. The van der Waals surface area contributed by atoms with Crippen LogP contribution in [0.4, 0.5) is 0 Å². The van der Waals surface area contributed by atoms with Crippen molar-refractivity contribution < 1.29 is 14.6 Å². The van der Waals surface area contributed by atoms with Gasteiger partial charge in [0.15, 0.2) is 0 Å². The van der Waals surface area contributed by atoms with Crippen LogP contribution >= 0.6 is 11.8 Å². The molecule has 2 heterocycles. The summed E-state index contributed by atoms with van der Waals surface area (Å²) in [6.45, 7) is 5.02. The predicted octanol–water partition coefficient (Wildman–Crippen LogP) is 2.06. The number of hydrogen-bond acceptors (Lipinski definition) is 5. The van der Waals surface area contributed by atoms with Crippen LogP contribution in [0.15, 0.2) is 5.03 Å². The van der Waals surface area contributed by atoms with E-state index in [1.165, 1.54) is 11.8 Å². The van der Waals surface area contributed by atoms with E-state index in [9.17, 15) is 9.90 Å². The summed E-state index contributed by atoms with van der Waals surface area (Å²) in [4.78, 5) is 11.3. The van der Waals surface area contributed by atoms with Gasteiger partial charge in [-0.15, -0.1) is 16.9 Å². The minimum atomic E-state index is -0.931. The highest BCUT2D eigenvalue weighted by Gasteiger charge is 2.22. The number of carboxylic acid groups (broad SMARTS) is 1. The van der Waals surface area contributed by atoms with E-state index < -0.39 is 5.97 Å². The summed E-state index contributed by atoms with van der Waals surface area (Å²) in [5.74, 6) is -0.931. The summed E-state index contributed by atoms with van der Waals surface area (Å²) in [7, 11) is 0. The fourth-order valence-corrected chi connectivity index (χ4v) is 3.06. The van der Waals surface area contributed by atoms with Crippen molar-refractivity contribution >= 4 is 17.7 Å². The molecule has 1 aromatic heterocycles.